The van der Waals surface area contributed by atoms with Gasteiger partial charge in [-0.2, -0.15) is 0 Å². The van der Waals surface area contributed by atoms with Gasteiger partial charge in [0.15, 0.2) is 11.5 Å². The summed E-state index contributed by atoms with van der Waals surface area (Å²) in [5.41, 5.74) is 3.62. The second-order valence-electron chi connectivity index (χ2n) is 5.47. The van der Waals surface area contributed by atoms with Crippen LogP contribution in [0.4, 0.5) is 5.82 Å². The molecule has 0 aliphatic rings. The number of hydrogen-bond acceptors (Lipinski definition) is 6. The number of ether oxygens (including phenoxy) is 1. The van der Waals surface area contributed by atoms with Crippen molar-refractivity contribution in [3.05, 3.63) is 72.6 Å². The van der Waals surface area contributed by atoms with E-state index in [0.29, 0.717) is 18.8 Å². The highest BCUT2D eigenvalue weighted by Crippen LogP contribution is 2.17. The Balaban J connectivity index is 1.36. The number of benzene rings is 1. The third-order valence-corrected chi connectivity index (χ3v) is 3.73. The van der Waals surface area contributed by atoms with E-state index in [0.717, 1.165) is 28.2 Å². The summed E-state index contributed by atoms with van der Waals surface area (Å²) in [6.45, 7) is 1.15. The SMILES string of the molecule is c1cncc(COc2ccc(CNc3ncnc4nc[nH]c34)cc2)c1. The first-order valence-corrected chi connectivity index (χ1v) is 7.87. The molecule has 0 saturated carbocycles. The van der Waals surface area contributed by atoms with Crippen LogP contribution in [0, 0.1) is 0 Å². The van der Waals surface area contributed by atoms with Gasteiger partial charge in [0.05, 0.1) is 6.33 Å². The van der Waals surface area contributed by atoms with Gasteiger partial charge >= 0.3 is 0 Å². The monoisotopic (exact) mass is 332 g/mol. The van der Waals surface area contributed by atoms with Crippen LogP contribution in [-0.4, -0.2) is 24.9 Å². The summed E-state index contributed by atoms with van der Waals surface area (Å²) < 4.78 is 5.76. The van der Waals surface area contributed by atoms with Crippen molar-refractivity contribution >= 4 is 17.0 Å². The zero-order chi connectivity index (χ0) is 16.9. The zero-order valence-electron chi connectivity index (χ0n) is 13.4. The van der Waals surface area contributed by atoms with Crippen molar-refractivity contribution in [3.63, 3.8) is 0 Å². The summed E-state index contributed by atoms with van der Waals surface area (Å²) in [7, 11) is 0. The molecule has 4 aromatic rings. The van der Waals surface area contributed by atoms with Crippen molar-refractivity contribution in [3.8, 4) is 5.75 Å². The molecule has 0 bridgehead atoms. The number of nitrogens with zero attached hydrogens (tertiary/aromatic N) is 4. The second-order valence-corrected chi connectivity index (χ2v) is 5.47. The van der Waals surface area contributed by atoms with Crippen LogP contribution in [-0.2, 0) is 13.2 Å². The van der Waals surface area contributed by atoms with Gasteiger partial charge in [-0.25, -0.2) is 15.0 Å². The van der Waals surface area contributed by atoms with E-state index in [4.69, 9.17) is 4.74 Å². The average molecular weight is 332 g/mol. The van der Waals surface area contributed by atoms with Crippen molar-refractivity contribution in [1.82, 2.24) is 24.9 Å². The molecule has 7 nitrogen and oxygen atoms in total. The molecule has 0 saturated heterocycles. The molecule has 3 heterocycles. The number of pyridine rings is 1. The minimum atomic E-state index is 0.504. The maximum atomic E-state index is 5.76. The number of hydrogen-bond donors (Lipinski definition) is 2. The fourth-order valence-electron chi connectivity index (χ4n) is 2.44. The smallest absolute Gasteiger partial charge is 0.182 e. The fraction of sp³-hybridized carbons (Fsp3) is 0.111. The summed E-state index contributed by atoms with van der Waals surface area (Å²) >= 11 is 0. The lowest BCUT2D eigenvalue weighted by atomic mass is 10.2. The summed E-state index contributed by atoms with van der Waals surface area (Å²) in [6.07, 6.45) is 6.66. The third-order valence-electron chi connectivity index (χ3n) is 3.73. The van der Waals surface area contributed by atoms with E-state index in [1.165, 1.54) is 6.33 Å². The molecule has 1 aromatic carbocycles. The number of fused-ring (bicyclic) bond motifs is 1. The van der Waals surface area contributed by atoms with Gasteiger partial charge in [0.1, 0.15) is 24.2 Å². The highest BCUT2D eigenvalue weighted by atomic mass is 16.5. The Bertz CT molecular complexity index is 952. The molecule has 7 heteroatoms. The van der Waals surface area contributed by atoms with Crippen molar-refractivity contribution < 1.29 is 4.74 Å². The average Bonchev–Trinajstić information content (AvgIpc) is 3.16. The number of imidazole rings is 1. The lowest BCUT2D eigenvalue weighted by molar-refractivity contribution is 0.305. The lowest BCUT2D eigenvalue weighted by Crippen LogP contribution is -2.02. The minimum absolute atomic E-state index is 0.504. The number of H-pyrrole nitrogens is 1. The largest absolute Gasteiger partial charge is 0.489 e. The molecule has 3 aromatic heterocycles. The lowest BCUT2D eigenvalue weighted by Gasteiger charge is -2.08. The van der Waals surface area contributed by atoms with Crippen LogP contribution < -0.4 is 10.1 Å². The van der Waals surface area contributed by atoms with Crippen molar-refractivity contribution in [2.75, 3.05) is 5.32 Å². The van der Waals surface area contributed by atoms with Gasteiger partial charge in [-0.1, -0.05) is 18.2 Å². The molecule has 0 amide bonds. The Morgan fingerprint density at radius 2 is 1.92 bits per heavy atom. The number of aromatic nitrogens is 5. The topological polar surface area (TPSA) is 88.6 Å². The van der Waals surface area contributed by atoms with Crippen molar-refractivity contribution in [2.45, 2.75) is 13.2 Å². The molecule has 0 aliphatic carbocycles. The van der Waals surface area contributed by atoms with E-state index in [1.54, 1.807) is 18.7 Å². The van der Waals surface area contributed by atoms with E-state index < -0.39 is 0 Å². The summed E-state index contributed by atoms with van der Waals surface area (Å²) in [6, 6.07) is 11.9. The van der Waals surface area contributed by atoms with Crippen LogP contribution in [0.1, 0.15) is 11.1 Å². The molecule has 4 rings (SSSR count). The van der Waals surface area contributed by atoms with Crippen LogP contribution in [0.5, 0.6) is 5.75 Å². The third kappa shape index (κ3) is 3.55. The predicted octanol–water partition coefficient (Wildman–Crippen LogP) is 2.94. The Hall–Kier alpha value is -3.48. The predicted molar refractivity (Wildman–Crippen MR) is 94.0 cm³/mol. The fourth-order valence-corrected chi connectivity index (χ4v) is 2.44. The quantitative estimate of drug-likeness (QED) is 0.564. The summed E-state index contributed by atoms with van der Waals surface area (Å²) in [5.74, 6) is 1.56. The van der Waals surface area contributed by atoms with Crippen LogP contribution in [0.2, 0.25) is 0 Å². The van der Waals surface area contributed by atoms with Crippen LogP contribution >= 0.6 is 0 Å². The van der Waals surface area contributed by atoms with Gasteiger partial charge in [-0.15, -0.1) is 0 Å². The van der Waals surface area contributed by atoms with Crippen LogP contribution in [0.25, 0.3) is 11.2 Å². The Kier molecular flexibility index (Phi) is 4.20. The minimum Gasteiger partial charge on any atom is -0.489 e. The van der Waals surface area contributed by atoms with E-state index in [2.05, 4.69) is 30.2 Å². The van der Waals surface area contributed by atoms with Gasteiger partial charge in [-0.3, -0.25) is 4.98 Å². The summed E-state index contributed by atoms with van der Waals surface area (Å²) in [5, 5.41) is 3.30. The van der Waals surface area contributed by atoms with E-state index in [-0.39, 0.29) is 0 Å². The highest BCUT2D eigenvalue weighted by Gasteiger charge is 2.05. The summed E-state index contributed by atoms with van der Waals surface area (Å²) in [4.78, 5) is 19.6. The molecule has 0 atom stereocenters. The van der Waals surface area contributed by atoms with Gasteiger partial charge in [0.2, 0.25) is 0 Å². The Morgan fingerprint density at radius 1 is 1.00 bits per heavy atom. The number of aromatic amines is 1. The molecule has 124 valence electrons. The van der Waals surface area contributed by atoms with Crippen LogP contribution in [0.3, 0.4) is 0 Å². The first kappa shape index (κ1) is 15.1. The van der Waals surface area contributed by atoms with E-state index in [9.17, 15) is 0 Å². The van der Waals surface area contributed by atoms with Gasteiger partial charge in [0.25, 0.3) is 0 Å². The molecule has 25 heavy (non-hydrogen) atoms. The van der Waals surface area contributed by atoms with Gasteiger partial charge in [0, 0.05) is 24.5 Å². The van der Waals surface area contributed by atoms with Gasteiger partial charge < -0.3 is 15.0 Å². The molecule has 0 aliphatic heterocycles. The maximum Gasteiger partial charge on any atom is 0.182 e. The molecule has 0 fully saturated rings. The standard InChI is InChI=1S/C18H16N6O/c1-2-14(8-19-7-1)10-25-15-5-3-13(4-6-15)9-20-17-16-18(22-11-21-16)24-12-23-17/h1-8,11-12H,9-10H2,(H2,20,21,22,23,24). The molecule has 0 radical (unpaired) electrons. The Labute approximate surface area is 144 Å². The van der Waals surface area contributed by atoms with Gasteiger partial charge in [-0.05, 0) is 23.8 Å². The Morgan fingerprint density at radius 3 is 2.76 bits per heavy atom. The van der Waals surface area contributed by atoms with Crippen molar-refractivity contribution in [2.24, 2.45) is 0 Å². The first-order valence-electron chi connectivity index (χ1n) is 7.87. The maximum absolute atomic E-state index is 5.76. The molecule has 0 unspecified atom stereocenters. The molecular formula is C18H16N6O. The molecule has 2 N–H and O–H groups in total. The van der Waals surface area contributed by atoms with Crippen molar-refractivity contribution in [1.29, 1.82) is 0 Å². The van der Waals surface area contributed by atoms with Crippen LogP contribution in [0.15, 0.2) is 61.4 Å². The molecule has 0 spiro atoms. The first-order chi connectivity index (χ1) is 12.4. The van der Waals surface area contributed by atoms with E-state index in [1.807, 2.05) is 36.4 Å². The highest BCUT2D eigenvalue weighted by molar-refractivity contribution is 5.81. The normalized spacial score (nSPS) is 10.7. The second kappa shape index (κ2) is 6.96. The number of anilines is 1. The molecular weight excluding hydrogens is 316 g/mol. The zero-order valence-corrected chi connectivity index (χ0v) is 13.4. The number of nitrogens with one attached hydrogen (secondary N) is 2. The van der Waals surface area contributed by atoms with E-state index >= 15 is 0 Å². The number of rotatable bonds is 6.